The van der Waals surface area contributed by atoms with E-state index >= 15 is 0 Å². The molecule has 0 unspecified atom stereocenters. The van der Waals surface area contributed by atoms with Crippen molar-refractivity contribution in [3.05, 3.63) is 119 Å². The Morgan fingerprint density at radius 2 is 1.42 bits per heavy atom. The number of carbonyl (C=O) groups excluding carboxylic acids is 2. The topological polar surface area (TPSA) is 80.6 Å². The second kappa shape index (κ2) is 8.91. The number of para-hydroxylation sites is 3. The van der Waals surface area contributed by atoms with Crippen LogP contribution in [-0.2, 0) is 4.79 Å². The molecule has 2 N–H and O–H groups in total. The summed E-state index contributed by atoms with van der Waals surface area (Å²) in [4.78, 5) is 27.1. The zero-order chi connectivity index (χ0) is 24.6. The summed E-state index contributed by atoms with van der Waals surface area (Å²) >= 11 is 6.07. The number of furan rings is 1. The molecule has 2 amide bonds. The van der Waals surface area contributed by atoms with Crippen LogP contribution in [0, 0.1) is 0 Å². The summed E-state index contributed by atoms with van der Waals surface area (Å²) in [5, 5.41) is 6.89. The molecule has 4 aromatic carbocycles. The largest absolute Gasteiger partial charge is 0.457 e. The zero-order valence-electron chi connectivity index (χ0n) is 18.8. The number of fused-ring (bicyclic) bond motifs is 3. The van der Waals surface area contributed by atoms with Gasteiger partial charge in [-0.3, -0.25) is 9.59 Å². The van der Waals surface area contributed by atoms with Crippen LogP contribution in [0.15, 0.2) is 101 Å². The van der Waals surface area contributed by atoms with Crippen LogP contribution in [0.5, 0.6) is 11.5 Å². The van der Waals surface area contributed by atoms with Crippen molar-refractivity contribution in [1.82, 2.24) is 0 Å². The summed E-state index contributed by atoms with van der Waals surface area (Å²) < 4.78 is 11.9. The number of benzene rings is 4. The minimum absolute atomic E-state index is 0.00171. The lowest BCUT2D eigenvalue weighted by atomic mass is 9.87. The van der Waals surface area contributed by atoms with Gasteiger partial charge in [0, 0.05) is 27.2 Å². The summed E-state index contributed by atoms with van der Waals surface area (Å²) in [6.45, 7) is 0. The van der Waals surface area contributed by atoms with E-state index in [-0.39, 0.29) is 11.7 Å². The quantitative estimate of drug-likeness (QED) is 0.276. The summed E-state index contributed by atoms with van der Waals surface area (Å²) in [6, 6.07) is 28.9. The van der Waals surface area contributed by atoms with Crippen molar-refractivity contribution in [3.63, 3.8) is 0 Å². The molecule has 7 heteroatoms. The highest BCUT2D eigenvalue weighted by molar-refractivity contribution is 6.31. The van der Waals surface area contributed by atoms with E-state index in [1.54, 1.807) is 42.5 Å². The molecule has 2 heterocycles. The van der Waals surface area contributed by atoms with Crippen molar-refractivity contribution in [1.29, 1.82) is 0 Å². The Morgan fingerprint density at radius 1 is 0.750 bits per heavy atom. The van der Waals surface area contributed by atoms with Gasteiger partial charge in [0.05, 0.1) is 5.92 Å². The maximum atomic E-state index is 13.9. The van der Waals surface area contributed by atoms with Crippen LogP contribution in [0.2, 0.25) is 5.02 Å². The molecule has 1 aliphatic rings. The lowest BCUT2D eigenvalue weighted by Crippen LogP contribution is -2.26. The van der Waals surface area contributed by atoms with E-state index in [1.165, 1.54) is 0 Å². The first-order valence-electron chi connectivity index (χ1n) is 11.3. The summed E-state index contributed by atoms with van der Waals surface area (Å²) in [6.07, 6.45) is 0. The van der Waals surface area contributed by atoms with Crippen molar-refractivity contribution >= 4 is 45.8 Å². The Kier molecular flexibility index (Phi) is 5.43. The molecule has 0 aliphatic carbocycles. The highest BCUT2D eigenvalue weighted by Gasteiger charge is 2.34. The molecule has 0 atom stereocenters. The van der Waals surface area contributed by atoms with Gasteiger partial charge in [-0.05, 0) is 42.5 Å². The van der Waals surface area contributed by atoms with Gasteiger partial charge in [-0.15, -0.1) is 0 Å². The molecule has 1 aliphatic heterocycles. The van der Waals surface area contributed by atoms with Crippen molar-refractivity contribution in [3.8, 4) is 11.5 Å². The number of amides is 2. The molecule has 0 radical (unpaired) electrons. The summed E-state index contributed by atoms with van der Waals surface area (Å²) in [7, 11) is 0. The van der Waals surface area contributed by atoms with Crippen LogP contribution < -0.4 is 15.4 Å². The zero-order valence-corrected chi connectivity index (χ0v) is 19.6. The molecule has 5 aromatic rings. The number of hydrogen-bond donors (Lipinski definition) is 2. The standard InChI is InChI=1S/C29H19ClN2O4/c30-17-8-7-9-18(16-17)31-29(34)27-26(21-12-3-6-15-24(21)36-27)32-28(33)25-19-10-1-4-13-22(19)35-23-14-5-2-11-20(23)25/h1-16,25H,(H,31,34)(H,32,33). The van der Waals surface area contributed by atoms with E-state index in [0.29, 0.717) is 38.9 Å². The maximum absolute atomic E-state index is 13.9. The van der Waals surface area contributed by atoms with E-state index in [4.69, 9.17) is 20.8 Å². The highest BCUT2D eigenvalue weighted by Crippen LogP contribution is 2.45. The Morgan fingerprint density at radius 3 is 2.14 bits per heavy atom. The van der Waals surface area contributed by atoms with Crippen LogP contribution in [0.3, 0.4) is 0 Å². The first-order valence-corrected chi connectivity index (χ1v) is 11.7. The van der Waals surface area contributed by atoms with Gasteiger partial charge in [0.1, 0.15) is 22.8 Å². The normalized spacial score (nSPS) is 12.4. The summed E-state index contributed by atoms with van der Waals surface area (Å²) in [5.74, 6) is -0.209. The second-order valence-corrected chi connectivity index (χ2v) is 8.80. The van der Waals surface area contributed by atoms with Gasteiger partial charge in [-0.1, -0.05) is 66.2 Å². The van der Waals surface area contributed by atoms with Gasteiger partial charge >= 0.3 is 0 Å². The number of halogens is 1. The number of nitrogens with one attached hydrogen (secondary N) is 2. The Hall–Kier alpha value is -4.55. The van der Waals surface area contributed by atoms with Crippen LogP contribution >= 0.6 is 11.6 Å². The predicted octanol–water partition coefficient (Wildman–Crippen LogP) is 7.21. The van der Waals surface area contributed by atoms with Gasteiger partial charge < -0.3 is 19.8 Å². The maximum Gasteiger partial charge on any atom is 0.293 e. The van der Waals surface area contributed by atoms with Gasteiger partial charge in [-0.25, -0.2) is 0 Å². The fourth-order valence-corrected chi connectivity index (χ4v) is 4.66. The smallest absolute Gasteiger partial charge is 0.293 e. The third-order valence-corrected chi connectivity index (χ3v) is 6.31. The van der Waals surface area contributed by atoms with E-state index in [9.17, 15) is 9.59 Å². The molecule has 0 fully saturated rings. The van der Waals surface area contributed by atoms with Crippen LogP contribution in [0.4, 0.5) is 11.4 Å². The highest BCUT2D eigenvalue weighted by atomic mass is 35.5. The van der Waals surface area contributed by atoms with Crippen molar-refractivity contribution in [2.24, 2.45) is 0 Å². The fraction of sp³-hybridized carbons (Fsp3) is 0.0345. The van der Waals surface area contributed by atoms with Crippen molar-refractivity contribution in [2.75, 3.05) is 10.6 Å². The third-order valence-electron chi connectivity index (χ3n) is 6.07. The minimum atomic E-state index is -0.636. The summed E-state index contributed by atoms with van der Waals surface area (Å²) in [5.41, 5.74) is 2.78. The lowest BCUT2D eigenvalue weighted by Gasteiger charge is -2.27. The van der Waals surface area contributed by atoms with Crippen LogP contribution in [-0.4, -0.2) is 11.8 Å². The monoisotopic (exact) mass is 494 g/mol. The number of anilines is 2. The molecule has 6 rings (SSSR count). The molecular formula is C29H19ClN2O4. The molecule has 36 heavy (non-hydrogen) atoms. The minimum Gasteiger partial charge on any atom is -0.457 e. The molecule has 0 spiro atoms. The van der Waals surface area contributed by atoms with E-state index < -0.39 is 11.8 Å². The van der Waals surface area contributed by atoms with Crippen LogP contribution in [0.25, 0.3) is 11.0 Å². The van der Waals surface area contributed by atoms with E-state index in [2.05, 4.69) is 10.6 Å². The fourth-order valence-electron chi connectivity index (χ4n) is 4.47. The molecule has 176 valence electrons. The Labute approximate surface area is 211 Å². The first-order chi connectivity index (χ1) is 17.6. The average Bonchev–Trinajstić information content (AvgIpc) is 3.25. The number of hydrogen-bond acceptors (Lipinski definition) is 4. The predicted molar refractivity (Wildman–Crippen MR) is 139 cm³/mol. The first kappa shape index (κ1) is 21.9. The van der Waals surface area contributed by atoms with E-state index in [1.807, 2.05) is 54.6 Å². The van der Waals surface area contributed by atoms with E-state index in [0.717, 1.165) is 11.1 Å². The molecule has 0 bridgehead atoms. The average molecular weight is 495 g/mol. The SMILES string of the molecule is O=C(Nc1cccc(Cl)c1)c1oc2ccccc2c1NC(=O)C1c2ccccc2Oc2ccccc21. The lowest BCUT2D eigenvalue weighted by molar-refractivity contribution is -0.116. The van der Waals surface area contributed by atoms with Crippen molar-refractivity contribution in [2.45, 2.75) is 5.92 Å². The molecule has 1 aromatic heterocycles. The second-order valence-electron chi connectivity index (χ2n) is 8.37. The Balaban J connectivity index is 1.40. The number of ether oxygens (including phenoxy) is 1. The van der Waals surface area contributed by atoms with Gasteiger partial charge in [0.2, 0.25) is 11.7 Å². The van der Waals surface area contributed by atoms with Crippen molar-refractivity contribution < 1.29 is 18.7 Å². The van der Waals surface area contributed by atoms with Gasteiger partial charge in [-0.2, -0.15) is 0 Å². The number of rotatable bonds is 4. The van der Waals surface area contributed by atoms with Gasteiger partial charge in [0.15, 0.2) is 0 Å². The van der Waals surface area contributed by atoms with Crippen LogP contribution in [0.1, 0.15) is 27.6 Å². The molecule has 0 saturated heterocycles. The molecular weight excluding hydrogens is 476 g/mol. The Bertz CT molecular complexity index is 1600. The third kappa shape index (κ3) is 3.87. The molecule has 0 saturated carbocycles. The molecule has 6 nitrogen and oxygen atoms in total. The number of carbonyl (C=O) groups is 2. The van der Waals surface area contributed by atoms with Gasteiger partial charge in [0.25, 0.3) is 5.91 Å².